The van der Waals surface area contributed by atoms with Crippen molar-refractivity contribution in [3.05, 3.63) is 65.1 Å². The van der Waals surface area contributed by atoms with E-state index in [0.29, 0.717) is 11.1 Å². The molecule has 0 bridgehead atoms. The molecule has 1 aromatic heterocycles. The van der Waals surface area contributed by atoms with Gasteiger partial charge in [-0.05, 0) is 49.6 Å². The first-order valence-corrected chi connectivity index (χ1v) is 9.69. The van der Waals surface area contributed by atoms with Crippen molar-refractivity contribution in [2.75, 3.05) is 18.1 Å². The van der Waals surface area contributed by atoms with Gasteiger partial charge in [-0.15, -0.1) is 0 Å². The van der Waals surface area contributed by atoms with Gasteiger partial charge in [0.2, 0.25) is 0 Å². The average molecular weight is 391 g/mol. The smallest absolute Gasteiger partial charge is 0.165 e. The van der Waals surface area contributed by atoms with E-state index < -0.39 is 5.82 Å². The summed E-state index contributed by atoms with van der Waals surface area (Å²) in [5.41, 5.74) is 3.83. The minimum Gasteiger partial charge on any atom is -0.486 e. The van der Waals surface area contributed by atoms with Crippen LogP contribution in [0.5, 0.6) is 5.75 Å². The Morgan fingerprint density at radius 1 is 1.28 bits per heavy atom. The summed E-state index contributed by atoms with van der Waals surface area (Å²) in [6.07, 6.45) is 1.93. The molecule has 1 aliphatic rings. The zero-order valence-electron chi connectivity index (χ0n) is 16.2. The number of anilines is 1. The summed E-state index contributed by atoms with van der Waals surface area (Å²) in [4.78, 5) is 6.71. The molecule has 0 amide bonds. The highest BCUT2D eigenvalue weighted by atomic mass is 19.1. The molecule has 148 valence electrons. The lowest BCUT2D eigenvalue weighted by Gasteiger charge is -2.27. The number of fused-ring (bicyclic) bond motifs is 1. The van der Waals surface area contributed by atoms with Gasteiger partial charge >= 0.3 is 0 Å². The van der Waals surface area contributed by atoms with Crippen LogP contribution in [-0.4, -0.2) is 29.3 Å². The zero-order chi connectivity index (χ0) is 20.4. The van der Waals surface area contributed by atoms with Crippen LogP contribution in [0.15, 0.2) is 42.5 Å². The van der Waals surface area contributed by atoms with Gasteiger partial charge < -0.3 is 14.7 Å². The van der Waals surface area contributed by atoms with Crippen molar-refractivity contribution in [3.63, 3.8) is 0 Å². The Kier molecular flexibility index (Phi) is 5.32. The van der Waals surface area contributed by atoms with Crippen molar-refractivity contribution in [1.82, 2.24) is 4.98 Å². The third-order valence-electron chi connectivity index (χ3n) is 5.34. The van der Waals surface area contributed by atoms with E-state index in [-0.39, 0.29) is 25.0 Å². The van der Waals surface area contributed by atoms with Crippen molar-refractivity contribution in [2.45, 2.75) is 32.4 Å². The molecule has 0 radical (unpaired) electrons. The van der Waals surface area contributed by atoms with Crippen molar-refractivity contribution >= 4 is 16.6 Å². The molecule has 1 atom stereocenters. The molecule has 0 spiro atoms. The number of hydrogen-bond donors (Lipinski definition) is 1. The number of halogens is 1. The van der Waals surface area contributed by atoms with E-state index in [2.05, 4.69) is 16.0 Å². The number of aliphatic hydroxyl groups excluding tert-OH is 1. The zero-order valence-corrected chi connectivity index (χ0v) is 16.2. The van der Waals surface area contributed by atoms with Crippen molar-refractivity contribution in [2.24, 2.45) is 0 Å². The highest BCUT2D eigenvalue weighted by Crippen LogP contribution is 2.35. The summed E-state index contributed by atoms with van der Waals surface area (Å²) < 4.78 is 20.5. The molecule has 2 aromatic carbocycles. The summed E-state index contributed by atoms with van der Waals surface area (Å²) in [7, 11) is 0. The van der Waals surface area contributed by atoms with Crippen LogP contribution in [0.1, 0.15) is 29.7 Å². The van der Waals surface area contributed by atoms with Crippen LogP contribution in [0.25, 0.3) is 10.9 Å². The first kappa shape index (κ1) is 19.2. The SMILES string of the molecule is Cc1cc(N2CCC[C@H]2CO)c2cc(F)c(OCc3ccc(C#N)cc3)cc2n1. The van der Waals surface area contributed by atoms with Crippen LogP contribution in [-0.2, 0) is 6.61 Å². The number of pyridine rings is 1. The maximum atomic E-state index is 14.8. The molecule has 3 aromatic rings. The first-order chi connectivity index (χ1) is 14.1. The standard InChI is InChI=1S/C23H22FN3O2/c1-15-9-22(27-8-2-3-18(27)13-28)19-10-20(24)23(11-21(19)26-15)29-14-17-6-4-16(12-25)5-7-17/h4-7,9-11,18,28H,2-3,8,13-14H2,1H3/t18-/m0/s1. The monoisotopic (exact) mass is 391 g/mol. The Morgan fingerprint density at radius 2 is 2.07 bits per heavy atom. The molecule has 1 N–H and O–H groups in total. The van der Waals surface area contributed by atoms with Gasteiger partial charge in [-0.25, -0.2) is 4.39 Å². The second-order valence-corrected chi connectivity index (χ2v) is 7.35. The van der Waals surface area contributed by atoms with E-state index in [1.54, 1.807) is 30.3 Å². The van der Waals surface area contributed by atoms with Crippen LogP contribution in [0, 0.1) is 24.1 Å². The Morgan fingerprint density at radius 3 is 2.79 bits per heavy atom. The topological polar surface area (TPSA) is 69.4 Å². The summed E-state index contributed by atoms with van der Waals surface area (Å²) >= 11 is 0. The number of hydrogen-bond acceptors (Lipinski definition) is 5. The first-order valence-electron chi connectivity index (χ1n) is 9.69. The minimum absolute atomic E-state index is 0.0513. The predicted molar refractivity (Wildman–Crippen MR) is 109 cm³/mol. The number of aromatic nitrogens is 1. The summed E-state index contributed by atoms with van der Waals surface area (Å²) in [5, 5.41) is 19.3. The van der Waals surface area contributed by atoms with Gasteiger partial charge in [0, 0.05) is 29.4 Å². The molecule has 4 rings (SSSR count). The molecule has 5 nitrogen and oxygen atoms in total. The second-order valence-electron chi connectivity index (χ2n) is 7.35. The Hall–Kier alpha value is -3.17. The van der Waals surface area contributed by atoms with E-state index in [0.717, 1.165) is 41.7 Å². The molecule has 6 heteroatoms. The lowest BCUT2D eigenvalue weighted by Crippen LogP contribution is -2.32. The molecule has 0 aliphatic carbocycles. The molecule has 1 saturated heterocycles. The van der Waals surface area contributed by atoms with Crippen LogP contribution < -0.4 is 9.64 Å². The van der Waals surface area contributed by atoms with Gasteiger partial charge in [0.15, 0.2) is 11.6 Å². The fourth-order valence-electron chi connectivity index (χ4n) is 3.87. The van der Waals surface area contributed by atoms with Gasteiger partial charge in [-0.3, -0.25) is 4.98 Å². The Bertz CT molecular complexity index is 1080. The second kappa shape index (κ2) is 8.06. The van der Waals surface area contributed by atoms with Gasteiger partial charge in [0.05, 0.1) is 29.8 Å². The summed E-state index contributed by atoms with van der Waals surface area (Å²) in [6, 6.07) is 14.2. The average Bonchev–Trinajstić information content (AvgIpc) is 3.21. The van der Waals surface area contributed by atoms with Crippen LogP contribution >= 0.6 is 0 Å². The van der Waals surface area contributed by atoms with Crippen molar-refractivity contribution in [1.29, 1.82) is 5.26 Å². The molecule has 1 aliphatic heterocycles. The minimum atomic E-state index is -0.446. The highest BCUT2D eigenvalue weighted by Gasteiger charge is 2.26. The third-order valence-corrected chi connectivity index (χ3v) is 5.34. The van der Waals surface area contributed by atoms with Crippen molar-refractivity contribution in [3.8, 4) is 11.8 Å². The fraction of sp³-hybridized carbons (Fsp3) is 0.304. The van der Waals surface area contributed by atoms with E-state index in [4.69, 9.17) is 10.00 Å². The van der Waals surface area contributed by atoms with Gasteiger partial charge in [0.1, 0.15) is 6.61 Å². The number of rotatable bonds is 5. The summed E-state index contributed by atoms with van der Waals surface area (Å²) in [6.45, 7) is 3.03. The summed E-state index contributed by atoms with van der Waals surface area (Å²) in [5.74, 6) is -0.302. The number of aryl methyl sites for hydroxylation is 1. The molecule has 0 saturated carbocycles. The lowest BCUT2D eigenvalue weighted by molar-refractivity contribution is 0.266. The lowest BCUT2D eigenvalue weighted by atomic mass is 10.1. The molecular formula is C23H22FN3O2. The maximum Gasteiger partial charge on any atom is 0.165 e. The fourth-order valence-corrected chi connectivity index (χ4v) is 3.87. The van der Waals surface area contributed by atoms with Crippen molar-refractivity contribution < 1.29 is 14.2 Å². The van der Waals surface area contributed by atoms with Crippen LogP contribution in [0.2, 0.25) is 0 Å². The van der Waals surface area contributed by atoms with Crippen LogP contribution in [0.4, 0.5) is 10.1 Å². The Balaban J connectivity index is 1.65. The van der Waals surface area contributed by atoms with E-state index in [1.165, 1.54) is 6.07 Å². The maximum absolute atomic E-state index is 14.8. The van der Waals surface area contributed by atoms with E-state index >= 15 is 0 Å². The highest BCUT2D eigenvalue weighted by molar-refractivity contribution is 5.93. The van der Waals surface area contributed by atoms with Crippen LogP contribution in [0.3, 0.4) is 0 Å². The molecule has 0 unspecified atom stereocenters. The molecular weight excluding hydrogens is 369 g/mol. The van der Waals surface area contributed by atoms with Gasteiger partial charge in [-0.2, -0.15) is 5.26 Å². The number of benzene rings is 2. The van der Waals surface area contributed by atoms with E-state index in [9.17, 15) is 9.50 Å². The molecule has 29 heavy (non-hydrogen) atoms. The molecule has 1 fully saturated rings. The Labute approximate surface area is 169 Å². The number of ether oxygens (including phenoxy) is 1. The van der Waals surface area contributed by atoms with E-state index in [1.807, 2.05) is 13.0 Å². The number of aliphatic hydroxyl groups is 1. The predicted octanol–water partition coefficient (Wildman–Crippen LogP) is 4.09. The largest absolute Gasteiger partial charge is 0.486 e. The third kappa shape index (κ3) is 3.87. The normalized spacial score (nSPS) is 16.2. The van der Waals surface area contributed by atoms with Gasteiger partial charge in [-0.1, -0.05) is 12.1 Å². The molecule has 2 heterocycles. The number of nitrogens with zero attached hydrogens (tertiary/aromatic N) is 3. The van der Waals surface area contributed by atoms with Gasteiger partial charge in [0.25, 0.3) is 0 Å². The quantitative estimate of drug-likeness (QED) is 0.709. The number of nitriles is 1.